The van der Waals surface area contributed by atoms with Gasteiger partial charge in [0.2, 0.25) is 0 Å². The molecule has 3 aromatic heterocycles. The fourth-order valence-electron chi connectivity index (χ4n) is 1.95. The molecule has 0 saturated heterocycles. The third kappa shape index (κ3) is 4.67. The molecule has 8 nitrogen and oxygen atoms in total. The maximum atomic E-state index is 5.90. The van der Waals surface area contributed by atoms with E-state index in [4.69, 9.17) is 28.9 Å². The van der Waals surface area contributed by atoms with E-state index in [9.17, 15) is 0 Å². The van der Waals surface area contributed by atoms with E-state index in [-0.39, 0.29) is 6.04 Å². The predicted octanol–water partition coefficient (Wildman–Crippen LogP) is 3.59. The molecule has 134 valence electrons. The Bertz CT molecular complexity index is 847. The minimum absolute atomic E-state index is 0.264. The molecule has 0 aliphatic rings. The van der Waals surface area contributed by atoms with Gasteiger partial charge in [-0.05, 0) is 27.7 Å². The molecule has 0 atom stereocenters. The summed E-state index contributed by atoms with van der Waals surface area (Å²) in [5.41, 5.74) is 7.53. The molecule has 0 aromatic carbocycles. The Hall–Kier alpha value is -2.19. The number of aromatic nitrogens is 6. The van der Waals surface area contributed by atoms with Crippen LogP contribution in [0.4, 0.5) is 11.5 Å². The highest BCUT2D eigenvalue weighted by Gasteiger charge is 2.09. The second-order valence-electron chi connectivity index (χ2n) is 5.86. The monoisotopic (exact) mass is 382 g/mol. The van der Waals surface area contributed by atoms with E-state index in [0.717, 1.165) is 5.65 Å². The number of hydrogen-bond donors (Lipinski definition) is 2. The molecule has 0 aliphatic carbocycles. The molecule has 0 radical (unpaired) electrons. The molecule has 0 fully saturated rings. The minimum atomic E-state index is 0.264. The first kappa shape index (κ1) is 19.1. The number of fused-ring (bicyclic) bond motifs is 1. The maximum absolute atomic E-state index is 5.90. The lowest BCUT2D eigenvalue weighted by atomic mass is 10.3. The van der Waals surface area contributed by atoms with Gasteiger partial charge in [-0.2, -0.15) is 10.2 Å². The Morgan fingerprint density at radius 2 is 1.68 bits per heavy atom. The van der Waals surface area contributed by atoms with Crippen LogP contribution in [0, 0.1) is 0 Å². The van der Waals surface area contributed by atoms with E-state index in [1.165, 1.54) is 12.4 Å². The fraction of sp³-hybridized carbons (Fsp3) is 0.400. The molecule has 0 bridgehead atoms. The molecular formula is C15H20Cl2N8. The van der Waals surface area contributed by atoms with Crippen LogP contribution in [0.25, 0.3) is 11.2 Å². The van der Waals surface area contributed by atoms with Crippen molar-refractivity contribution < 1.29 is 0 Å². The third-order valence-corrected chi connectivity index (χ3v) is 3.72. The Morgan fingerprint density at radius 3 is 2.32 bits per heavy atom. The number of nitrogens with one attached hydrogen (secondary N) is 1. The Balaban J connectivity index is 0.000000181. The molecule has 3 rings (SSSR count). The van der Waals surface area contributed by atoms with Crippen molar-refractivity contribution in [3.8, 4) is 0 Å². The Morgan fingerprint density at radius 1 is 1.04 bits per heavy atom. The van der Waals surface area contributed by atoms with Gasteiger partial charge in [0, 0.05) is 12.1 Å². The zero-order valence-electron chi connectivity index (χ0n) is 14.4. The molecule has 0 spiro atoms. The quantitative estimate of drug-likeness (QED) is 0.712. The lowest BCUT2D eigenvalue weighted by Crippen LogP contribution is -2.13. The minimum Gasteiger partial charge on any atom is -0.394 e. The molecule has 3 aromatic rings. The average molecular weight is 383 g/mol. The number of halogens is 2. The summed E-state index contributed by atoms with van der Waals surface area (Å²) in [6, 6.07) is 0.581. The first-order valence-corrected chi connectivity index (χ1v) is 8.43. The van der Waals surface area contributed by atoms with E-state index >= 15 is 0 Å². The summed E-state index contributed by atoms with van der Waals surface area (Å²) in [7, 11) is 0. The van der Waals surface area contributed by atoms with Gasteiger partial charge >= 0.3 is 0 Å². The zero-order valence-corrected chi connectivity index (χ0v) is 15.9. The van der Waals surface area contributed by atoms with Crippen molar-refractivity contribution in [2.45, 2.75) is 39.8 Å². The van der Waals surface area contributed by atoms with Crippen molar-refractivity contribution in [3.05, 3.63) is 28.8 Å². The Labute approximate surface area is 155 Å². The van der Waals surface area contributed by atoms with Gasteiger partial charge in [-0.25, -0.2) is 4.98 Å². The van der Waals surface area contributed by atoms with E-state index in [0.29, 0.717) is 33.1 Å². The number of nitrogen functional groups attached to an aromatic ring is 1. The first-order chi connectivity index (χ1) is 11.8. The van der Waals surface area contributed by atoms with Crippen molar-refractivity contribution in [2.24, 2.45) is 0 Å². The second-order valence-corrected chi connectivity index (χ2v) is 6.68. The largest absolute Gasteiger partial charge is 0.394 e. The van der Waals surface area contributed by atoms with Crippen LogP contribution in [0.3, 0.4) is 0 Å². The van der Waals surface area contributed by atoms with Crippen LogP contribution in [-0.4, -0.2) is 36.0 Å². The van der Waals surface area contributed by atoms with Crippen molar-refractivity contribution in [2.75, 3.05) is 11.1 Å². The molecule has 3 heterocycles. The van der Waals surface area contributed by atoms with E-state index < -0.39 is 0 Å². The summed E-state index contributed by atoms with van der Waals surface area (Å²) in [4.78, 5) is 4.17. The van der Waals surface area contributed by atoms with Gasteiger partial charge in [0.05, 0.1) is 34.5 Å². The third-order valence-electron chi connectivity index (χ3n) is 3.14. The van der Waals surface area contributed by atoms with Crippen LogP contribution >= 0.6 is 23.2 Å². The number of nitrogens with two attached hydrogens (primary N) is 1. The molecule has 25 heavy (non-hydrogen) atoms. The van der Waals surface area contributed by atoms with Crippen LogP contribution < -0.4 is 11.1 Å². The van der Waals surface area contributed by atoms with Gasteiger partial charge in [-0.15, -0.1) is 10.2 Å². The predicted molar refractivity (Wildman–Crippen MR) is 101 cm³/mol. The molecule has 0 saturated carbocycles. The van der Waals surface area contributed by atoms with Crippen molar-refractivity contribution >= 4 is 45.9 Å². The van der Waals surface area contributed by atoms with Crippen LogP contribution in [0.1, 0.15) is 33.7 Å². The summed E-state index contributed by atoms with van der Waals surface area (Å²) in [6.45, 7) is 8.09. The average Bonchev–Trinajstić information content (AvgIpc) is 2.98. The van der Waals surface area contributed by atoms with Crippen molar-refractivity contribution in [1.29, 1.82) is 0 Å². The molecular weight excluding hydrogens is 363 g/mol. The zero-order chi connectivity index (χ0) is 18.6. The standard InChI is InChI=1S/C8H9ClN4.C7H11ClN4/c1-5(2)13-4-10-7-6(9)3-11-12-8(7)13;1-4(2)11-7-6(9)5(8)3-10-12-7/h3-5H,1-2H3;3-4H,1-2H3,(H2,9,10)(H,11,12). The van der Waals surface area contributed by atoms with Crippen molar-refractivity contribution in [1.82, 2.24) is 29.9 Å². The summed E-state index contributed by atoms with van der Waals surface area (Å²) < 4.78 is 1.94. The van der Waals surface area contributed by atoms with Gasteiger partial charge < -0.3 is 15.6 Å². The molecule has 3 N–H and O–H groups in total. The topological polar surface area (TPSA) is 107 Å². The summed E-state index contributed by atoms with van der Waals surface area (Å²) in [5.74, 6) is 0.539. The van der Waals surface area contributed by atoms with Crippen LogP contribution in [0.2, 0.25) is 10.0 Å². The molecule has 0 amide bonds. The van der Waals surface area contributed by atoms with Gasteiger partial charge in [0.1, 0.15) is 5.52 Å². The number of rotatable bonds is 3. The normalized spacial score (nSPS) is 10.9. The summed E-state index contributed by atoms with van der Waals surface area (Å²) in [5, 5.41) is 19.3. The number of nitrogens with zero attached hydrogens (tertiary/aromatic N) is 6. The SMILES string of the molecule is CC(C)Nc1nncc(Cl)c1N.CC(C)n1cnc2c(Cl)cnnc21. The second kappa shape index (κ2) is 8.26. The number of anilines is 2. The highest BCUT2D eigenvalue weighted by Crippen LogP contribution is 2.23. The van der Waals surface area contributed by atoms with E-state index in [1.807, 2.05) is 18.4 Å². The molecule has 0 unspecified atom stereocenters. The highest BCUT2D eigenvalue weighted by molar-refractivity contribution is 6.34. The van der Waals surface area contributed by atoms with Gasteiger partial charge in [0.25, 0.3) is 0 Å². The lowest BCUT2D eigenvalue weighted by molar-refractivity contribution is 0.610. The van der Waals surface area contributed by atoms with Gasteiger partial charge in [0.15, 0.2) is 11.5 Å². The molecule has 0 aliphatic heterocycles. The fourth-order valence-corrected chi connectivity index (χ4v) is 2.26. The van der Waals surface area contributed by atoms with Crippen molar-refractivity contribution in [3.63, 3.8) is 0 Å². The van der Waals surface area contributed by atoms with Crippen LogP contribution in [0.5, 0.6) is 0 Å². The highest BCUT2D eigenvalue weighted by atomic mass is 35.5. The Kier molecular flexibility index (Phi) is 6.33. The van der Waals surface area contributed by atoms with E-state index in [2.05, 4.69) is 44.5 Å². The summed E-state index contributed by atoms with van der Waals surface area (Å²) in [6.07, 6.45) is 4.65. The molecule has 10 heteroatoms. The number of hydrogen-bond acceptors (Lipinski definition) is 7. The van der Waals surface area contributed by atoms with Crippen LogP contribution in [0.15, 0.2) is 18.7 Å². The summed E-state index contributed by atoms with van der Waals surface area (Å²) >= 11 is 11.6. The van der Waals surface area contributed by atoms with Gasteiger partial charge in [-0.3, -0.25) is 0 Å². The van der Waals surface area contributed by atoms with E-state index in [1.54, 1.807) is 6.33 Å². The van der Waals surface area contributed by atoms with Crippen LogP contribution in [-0.2, 0) is 0 Å². The van der Waals surface area contributed by atoms with Gasteiger partial charge in [-0.1, -0.05) is 23.2 Å². The maximum Gasteiger partial charge on any atom is 0.184 e. The lowest BCUT2D eigenvalue weighted by Gasteiger charge is -2.10. The smallest absolute Gasteiger partial charge is 0.184 e. The number of imidazole rings is 1. The first-order valence-electron chi connectivity index (χ1n) is 7.68.